The highest BCUT2D eigenvalue weighted by molar-refractivity contribution is 5.78. The van der Waals surface area contributed by atoms with Crippen molar-refractivity contribution < 1.29 is 5.11 Å². The van der Waals surface area contributed by atoms with Crippen LogP contribution in [0.5, 0.6) is 0 Å². The number of para-hydroxylation sites is 1. The number of hydrogen-bond acceptors (Lipinski definition) is 3. The molecule has 0 radical (unpaired) electrons. The maximum Gasteiger partial charge on any atom is 0.0895 e. The van der Waals surface area contributed by atoms with E-state index in [9.17, 15) is 5.11 Å². The van der Waals surface area contributed by atoms with E-state index in [-0.39, 0.29) is 0 Å². The average Bonchev–Trinajstić information content (AvgIpc) is 2.43. The Morgan fingerprint density at radius 3 is 2.84 bits per heavy atom. The first kappa shape index (κ1) is 14.0. The summed E-state index contributed by atoms with van der Waals surface area (Å²) in [6.07, 6.45) is 3.58. The Hall–Kier alpha value is -1.45. The highest BCUT2D eigenvalue weighted by Gasteiger charge is 2.23. The molecule has 3 nitrogen and oxygen atoms in total. The Kier molecular flexibility index (Phi) is 4.51. The number of nitrogens with zero attached hydrogens (tertiary/aromatic N) is 1. The van der Waals surface area contributed by atoms with E-state index < -0.39 is 5.60 Å². The normalized spacial score (nSPS) is 14.5. The van der Waals surface area contributed by atoms with Crippen LogP contribution in [0.3, 0.4) is 0 Å². The summed E-state index contributed by atoms with van der Waals surface area (Å²) in [5, 5.41) is 15.0. The molecule has 1 heterocycles. The van der Waals surface area contributed by atoms with Gasteiger partial charge in [-0.2, -0.15) is 0 Å². The van der Waals surface area contributed by atoms with Crippen LogP contribution in [0.4, 0.5) is 0 Å². The standard InChI is InChI=1S/C16H22N2O/c1-3-9-17-10-8-16(2,19)14-11-13-6-4-5-7-15(13)18-12-14/h4-7,11-12,17,19H,3,8-10H2,1-2H3. The minimum absolute atomic E-state index is 0.688. The molecule has 0 aliphatic heterocycles. The quantitative estimate of drug-likeness (QED) is 0.783. The zero-order valence-corrected chi connectivity index (χ0v) is 11.7. The molecule has 2 rings (SSSR count). The Labute approximate surface area is 114 Å². The van der Waals surface area contributed by atoms with E-state index in [1.807, 2.05) is 37.3 Å². The molecule has 102 valence electrons. The van der Waals surface area contributed by atoms with Gasteiger partial charge in [-0.25, -0.2) is 0 Å². The maximum atomic E-state index is 10.6. The van der Waals surface area contributed by atoms with Gasteiger partial charge in [0.15, 0.2) is 0 Å². The molecule has 1 aromatic heterocycles. The Morgan fingerprint density at radius 2 is 2.05 bits per heavy atom. The monoisotopic (exact) mass is 258 g/mol. The molecule has 19 heavy (non-hydrogen) atoms. The van der Waals surface area contributed by atoms with Crippen LogP contribution in [0.25, 0.3) is 10.9 Å². The average molecular weight is 258 g/mol. The SMILES string of the molecule is CCCNCCC(C)(O)c1cnc2ccccc2c1. The second-order valence-corrected chi connectivity index (χ2v) is 5.19. The Bertz CT molecular complexity index is 537. The van der Waals surface area contributed by atoms with Gasteiger partial charge in [0.1, 0.15) is 0 Å². The van der Waals surface area contributed by atoms with Crippen LogP contribution in [0.2, 0.25) is 0 Å². The number of aromatic nitrogens is 1. The first-order valence-electron chi connectivity index (χ1n) is 6.92. The van der Waals surface area contributed by atoms with Crippen LogP contribution >= 0.6 is 0 Å². The Balaban J connectivity index is 2.12. The number of pyridine rings is 1. The summed E-state index contributed by atoms with van der Waals surface area (Å²) in [5.41, 5.74) is 1.01. The molecular weight excluding hydrogens is 236 g/mol. The summed E-state index contributed by atoms with van der Waals surface area (Å²) in [5.74, 6) is 0. The van der Waals surface area contributed by atoms with Gasteiger partial charge in [0.05, 0.1) is 11.1 Å². The van der Waals surface area contributed by atoms with Gasteiger partial charge in [-0.1, -0.05) is 25.1 Å². The maximum absolute atomic E-state index is 10.6. The highest BCUT2D eigenvalue weighted by atomic mass is 16.3. The largest absolute Gasteiger partial charge is 0.385 e. The molecule has 0 amide bonds. The lowest BCUT2D eigenvalue weighted by atomic mass is 9.93. The van der Waals surface area contributed by atoms with Gasteiger partial charge in [0.25, 0.3) is 0 Å². The summed E-state index contributed by atoms with van der Waals surface area (Å²) < 4.78 is 0. The molecule has 1 atom stereocenters. The van der Waals surface area contributed by atoms with Crippen LogP contribution in [0, 0.1) is 0 Å². The van der Waals surface area contributed by atoms with Crippen molar-refractivity contribution in [2.24, 2.45) is 0 Å². The van der Waals surface area contributed by atoms with E-state index in [2.05, 4.69) is 17.2 Å². The van der Waals surface area contributed by atoms with Crippen molar-refractivity contribution in [2.45, 2.75) is 32.3 Å². The molecule has 0 spiro atoms. The highest BCUT2D eigenvalue weighted by Crippen LogP contribution is 2.25. The molecule has 3 heteroatoms. The van der Waals surface area contributed by atoms with Crippen molar-refractivity contribution in [1.82, 2.24) is 10.3 Å². The van der Waals surface area contributed by atoms with Crippen molar-refractivity contribution in [2.75, 3.05) is 13.1 Å². The minimum atomic E-state index is -0.836. The molecule has 0 aliphatic rings. The number of hydrogen-bond donors (Lipinski definition) is 2. The zero-order valence-electron chi connectivity index (χ0n) is 11.7. The number of benzene rings is 1. The Morgan fingerprint density at radius 1 is 1.26 bits per heavy atom. The zero-order chi connectivity index (χ0) is 13.7. The van der Waals surface area contributed by atoms with E-state index in [0.29, 0.717) is 6.42 Å². The van der Waals surface area contributed by atoms with Gasteiger partial charge in [-0.05, 0) is 45.0 Å². The van der Waals surface area contributed by atoms with Crippen molar-refractivity contribution >= 4 is 10.9 Å². The minimum Gasteiger partial charge on any atom is -0.385 e. The second kappa shape index (κ2) is 6.13. The third-order valence-electron chi connectivity index (χ3n) is 3.43. The molecule has 2 N–H and O–H groups in total. The number of aliphatic hydroxyl groups is 1. The van der Waals surface area contributed by atoms with E-state index in [1.54, 1.807) is 6.20 Å². The van der Waals surface area contributed by atoms with Gasteiger partial charge in [0.2, 0.25) is 0 Å². The van der Waals surface area contributed by atoms with Crippen molar-refractivity contribution in [3.8, 4) is 0 Å². The van der Waals surface area contributed by atoms with E-state index in [4.69, 9.17) is 0 Å². The van der Waals surface area contributed by atoms with Gasteiger partial charge in [-0.15, -0.1) is 0 Å². The lowest BCUT2D eigenvalue weighted by Gasteiger charge is -2.24. The third kappa shape index (κ3) is 3.52. The third-order valence-corrected chi connectivity index (χ3v) is 3.43. The van der Waals surface area contributed by atoms with Gasteiger partial charge >= 0.3 is 0 Å². The molecular formula is C16H22N2O. The molecule has 1 unspecified atom stereocenters. The lowest BCUT2D eigenvalue weighted by Crippen LogP contribution is -2.28. The molecule has 1 aromatic carbocycles. The summed E-state index contributed by atoms with van der Waals surface area (Å²) >= 11 is 0. The van der Waals surface area contributed by atoms with E-state index in [1.165, 1.54) is 0 Å². The predicted molar refractivity (Wildman–Crippen MR) is 79.1 cm³/mol. The fourth-order valence-electron chi connectivity index (χ4n) is 2.14. The van der Waals surface area contributed by atoms with E-state index in [0.717, 1.165) is 36.0 Å². The van der Waals surface area contributed by atoms with Crippen LogP contribution in [-0.2, 0) is 5.60 Å². The van der Waals surface area contributed by atoms with Crippen molar-refractivity contribution in [1.29, 1.82) is 0 Å². The molecule has 0 bridgehead atoms. The topological polar surface area (TPSA) is 45.1 Å². The molecule has 0 fully saturated rings. The van der Waals surface area contributed by atoms with Crippen molar-refractivity contribution in [3.05, 3.63) is 42.1 Å². The van der Waals surface area contributed by atoms with E-state index >= 15 is 0 Å². The predicted octanol–water partition coefficient (Wildman–Crippen LogP) is 2.83. The summed E-state index contributed by atoms with van der Waals surface area (Å²) in [4.78, 5) is 4.41. The van der Waals surface area contributed by atoms with Crippen LogP contribution in [-0.4, -0.2) is 23.2 Å². The number of nitrogens with one attached hydrogen (secondary N) is 1. The fourth-order valence-corrected chi connectivity index (χ4v) is 2.14. The molecule has 0 saturated carbocycles. The van der Waals surface area contributed by atoms with Gasteiger partial charge in [0, 0.05) is 17.1 Å². The molecule has 0 aliphatic carbocycles. The lowest BCUT2D eigenvalue weighted by molar-refractivity contribution is 0.0479. The second-order valence-electron chi connectivity index (χ2n) is 5.19. The fraction of sp³-hybridized carbons (Fsp3) is 0.438. The van der Waals surface area contributed by atoms with Crippen LogP contribution in [0.15, 0.2) is 36.5 Å². The van der Waals surface area contributed by atoms with Crippen molar-refractivity contribution in [3.63, 3.8) is 0 Å². The van der Waals surface area contributed by atoms with Gasteiger partial charge in [-0.3, -0.25) is 4.98 Å². The summed E-state index contributed by atoms with van der Waals surface area (Å²) in [6, 6.07) is 10.0. The summed E-state index contributed by atoms with van der Waals surface area (Å²) in [7, 11) is 0. The van der Waals surface area contributed by atoms with Crippen LogP contribution < -0.4 is 5.32 Å². The number of fused-ring (bicyclic) bond motifs is 1. The number of rotatable bonds is 6. The van der Waals surface area contributed by atoms with Gasteiger partial charge < -0.3 is 10.4 Å². The molecule has 2 aromatic rings. The smallest absolute Gasteiger partial charge is 0.0895 e. The first-order valence-corrected chi connectivity index (χ1v) is 6.92. The molecule has 0 saturated heterocycles. The first-order chi connectivity index (χ1) is 9.13. The summed E-state index contributed by atoms with van der Waals surface area (Å²) in [6.45, 7) is 5.80. The van der Waals surface area contributed by atoms with Crippen LogP contribution in [0.1, 0.15) is 32.3 Å².